The molecule has 0 fully saturated rings. The Morgan fingerprint density at radius 1 is 1.41 bits per heavy atom. The van der Waals surface area contributed by atoms with Gasteiger partial charge in [-0.15, -0.1) is 12.4 Å². The molecule has 1 aromatic carbocycles. The van der Waals surface area contributed by atoms with Gasteiger partial charge in [0, 0.05) is 12.1 Å². The molecular weight excluding hydrogens is 316 g/mol. The molecule has 9 heteroatoms. The monoisotopic (exact) mass is 334 g/mol. The number of carbonyl (C=O) groups is 1. The first kappa shape index (κ1) is 19.9. The minimum absolute atomic E-state index is 0. The van der Waals surface area contributed by atoms with E-state index < -0.39 is 33.8 Å². The molecule has 22 heavy (non-hydrogen) atoms. The van der Waals surface area contributed by atoms with E-state index in [9.17, 15) is 20.0 Å². The Morgan fingerprint density at radius 3 is 2.36 bits per heavy atom. The maximum absolute atomic E-state index is 11.8. The molecule has 1 rings (SSSR count). The molecule has 0 heterocycles. The van der Waals surface area contributed by atoms with Crippen molar-refractivity contribution in [3.63, 3.8) is 0 Å². The molecule has 8 nitrogen and oxygen atoms in total. The fourth-order valence-corrected chi connectivity index (χ4v) is 1.89. The van der Waals surface area contributed by atoms with Gasteiger partial charge < -0.3 is 20.3 Å². The SMILES string of the molecule is COC(=O)C(C)(C)[C@H](N)c1cc(OC)c(O)c([N+](=O)[O-])c1.Cl. The van der Waals surface area contributed by atoms with Crippen LogP contribution in [0.15, 0.2) is 12.1 Å². The van der Waals surface area contributed by atoms with Crippen LogP contribution in [0.1, 0.15) is 25.5 Å². The van der Waals surface area contributed by atoms with Crippen LogP contribution >= 0.6 is 12.4 Å². The first-order valence-corrected chi connectivity index (χ1v) is 6.06. The van der Waals surface area contributed by atoms with Gasteiger partial charge in [0.15, 0.2) is 5.75 Å². The molecule has 0 aliphatic rings. The highest BCUT2D eigenvalue weighted by atomic mass is 35.5. The average Bonchev–Trinajstić information content (AvgIpc) is 2.45. The molecule has 0 saturated heterocycles. The molecule has 124 valence electrons. The van der Waals surface area contributed by atoms with E-state index in [1.807, 2.05) is 0 Å². The molecule has 0 amide bonds. The van der Waals surface area contributed by atoms with E-state index in [1.165, 1.54) is 20.3 Å². The van der Waals surface area contributed by atoms with E-state index in [2.05, 4.69) is 4.74 Å². The van der Waals surface area contributed by atoms with Gasteiger partial charge in [-0.1, -0.05) is 0 Å². The summed E-state index contributed by atoms with van der Waals surface area (Å²) in [6.45, 7) is 3.13. The van der Waals surface area contributed by atoms with E-state index in [0.717, 1.165) is 6.07 Å². The van der Waals surface area contributed by atoms with Crippen molar-refractivity contribution in [1.29, 1.82) is 0 Å². The van der Waals surface area contributed by atoms with Gasteiger partial charge in [0.05, 0.1) is 24.6 Å². The van der Waals surface area contributed by atoms with Gasteiger partial charge in [-0.2, -0.15) is 0 Å². The molecule has 1 aromatic rings. The van der Waals surface area contributed by atoms with Crippen molar-refractivity contribution in [2.45, 2.75) is 19.9 Å². The van der Waals surface area contributed by atoms with Crippen molar-refractivity contribution >= 4 is 24.1 Å². The predicted octanol–water partition coefficient (Wildman–Crippen LogP) is 1.93. The average molecular weight is 335 g/mol. The Kier molecular flexibility index (Phi) is 6.60. The van der Waals surface area contributed by atoms with Crippen LogP contribution < -0.4 is 10.5 Å². The summed E-state index contributed by atoms with van der Waals surface area (Å²) in [6, 6.07) is 1.60. The zero-order valence-electron chi connectivity index (χ0n) is 12.7. The third kappa shape index (κ3) is 3.58. The largest absolute Gasteiger partial charge is 0.500 e. The number of benzene rings is 1. The second-order valence-electron chi connectivity index (χ2n) is 5.04. The molecule has 0 unspecified atom stereocenters. The number of ether oxygens (including phenoxy) is 2. The van der Waals surface area contributed by atoms with Gasteiger partial charge in [-0.25, -0.2) is 0 Å². The van der Waals surface area contributed by atoms with Gasteiger partial charge in [-0.3, -0.25) is 14.9 Å². The molecule has 0 aliphatic heterocycles. The minimum atomic E-state index is -1.11. The molecule has 0 spiro atoms. The first-order valence-electron chi connectivity index (χ1n) is 6.06. The van der Waals surface area contributed by atoms with Crippen molar-refractivity contribution < 1.29 is 24.3 Å². The van der Waals surface area contributed by atoms with E-state index in [1.54, 1.807) is 13.8 Å². The molecule has 3 N–H and O–H groups in total. The highest BCUT2D eigenvalue weighted by molar-refractivity contribution is 5.85. The van der Waals surface area contributed by atoms with Crippen LogP contribution in [0.25, 0.3) is 0 Å². The van der Waals surface area contributed by atoms with Crippen LogP contribution in [0.5, 0.6) is 11.5 Å². The molecule has 0 saturated carbocycles. The smallest absolute Gasteiger partial charge is 0.314 e. The number of rotatable bonds is 5. The van der Waals surface area contributed by atoms with Crippen molar-refractivity contribution in [1.82, 2.24) is 0 Å². The maximum atomic E-state index is 11.8. The summed E-state index contributed by atoms with van der Waals surface area (Å²) in [5.41, 5.74) is 4.67. The van der Waals surface area contributed by atoms with E-state index in [-0.39, 0.29) is 23.7 Å². The standard InChI is InChI=1S/C13H18N2O6.ClH/c1-13(2,12(17)21-4)11(14)7-5-8(15(18)19)10(16)9(6-7)20-3;/h5-6,11,16H,14H2,1-4H3;1H/t11-;/m1./s1. The van der Waals surface area contributed by atoms with Crippen molar-refractivity contribution in [2.24, 2.45) is 11.1 Å². The molecule has 0 aliphatic carbocycles. The highest BCUT2D eigenvalue weighted by Crippen LogP contribution is 2.41. The van der Waals surface area contributed by atoms with Crippen molar-refractivity contribution in [3.8, 4) is 11.5 Å². The lowest BCUT2D eigenvalue weighted by Gasteiger charge is -2.29. The lowest BCUT2D eigenvalue weighted by atomic mass is 9.81. The third-order valence-electron chi connectivity index (χ3n) is 3.34. The number of hydrogen-bond donors (Lipinski definition) is 2. The number of nitrogens with two attached hydrogens (primary N) is 1. The van der Waals surface area contributed by atoms with Crippen molar-refractivity contribution in [2.75, 3.05) is 14.2 Å². The highest BCUT2D eigenvalue weighted by Gasteiger charge is 2.38. The molecule has 0 aromatic heterocycles. The summed E-state index contributed by atoms with van der Waals surface area (Å²) in [6.07, 6.45) is 0. The quantitative estimate of drug-likeness (QED) is 0.478. The summed E-state index contributed by atoms with van der Waals surface area (Å²) in [5.74, 6) is -1.23. The summed E-state index contributed by atoms with van der Waals surface area (Å²) in [5, 5.41) is 20.7. The van der Waals surface area contributed by atoms with E-state index in [0.29, 0.717) is 0 Å². The van der Waals surface area contributed by atoms with Gasteiger partial charge in [-0.05, 0) is 25.5 Å². The number of carbonyl (C=O) groups excluding carboxylic acids is 1. The number of esters is 1. The molecule has 1 atom stereocenters. The minimum Gasteiger partial charge on any atom is -0.500 e. The predicted molar refractivity (Wildman–Crippen MR) is 81.3 cm³/mol. The van der Waals surface area contributed by atoms with Crippen LogP contribution in [-0.2, 0) is 9.53 Å². The normalized spacial score (nSPS) is 12.0. The fraction of sp³-hybridized carbons (Fsp3) is 0.462. The number of methoxy groups -OCH3 is 2. The number of aromatic hydroxyl groups is 1. The lowest BCUT2D eigenvalue weighted by Crippen LogP contribution is -2.37. The number of phenolic OH excluding ortho intramolecular Hbond substituents is 1. The number of nitro benzene ring substituents is 1. The summed E-state index contributed by atoms with van der Waals surface area (Å²) in [4.78, 5) is 22.0. The maximum Gasteiger partial charge on any atom is 0.314 e. The Labute approximate surface area is 133 Å². The number of halogens is 1. The first-order chi connectivity index (χ1) is 9.66. The summed E-state index contributed by atoms with van der Waals surface area (Å²) < 4.78 is 9.58. The topological polar surface area (TPSA) is 125 Å². The number of hydrogen-bond acceptors (Lipinski definition) is 7. The lowest BCUT2D eigenvalue weighted by molar-refractivity contribution is -0.386. The van der Waals surface area contributed by atoms with E-state index in [4.69, 9.17) is 10.5 Å². The fourth-order valence-electron chi connectivity index (χ4n) is 1.89. The second kappa shape index (κ2) is 7.28. The van der Waals surface area contributed by atoms with Gasteiger partial charge >= 0.3 is 11.7 Å². The zero-order valence-corrected chi connectivity index (χ0v) is 13.5. The third-order valence-corrected chi connectivity index (χ3v) is 3.34. The molecule has 0 radical (unpaired) electrons. The summed E-state index contributed by atoms with van der Waals surface area (Å²) in [7, 11) is 2.50. The zero-order chi connectivity index (χ0) is 16.4. The summed E-state index contributed by atoms with van der Waals surface area (Å²) >= 11 is 0. The van der Waals surface area contributed by atoms with Crippen LogP contribution in [0.4, 0.5) is 5.69 Å². The van der Waals surface area contributed by atoms with E-state index >= 15 is 0 Å². The number of nitro groups is 1. The van der Waals surface area contributed by atoms with Crippen LogP contribution in [0.2, 0.25) is 0 Å². The molecule has 0 bridgehead atoms. The van der Waals surface area contributed by atoms with Crippen LogP contribution in [-0.4, -0.2) is 30.2 Å². The van der Waals surface area contributed by atoms with Gasteiger partial charge in [0.2, 0.25) is 5.75 Å². The second-order valence-corrected chi connectivity index (χ2v) is 5.04. The Morgan fingerprint density at radius 2 is 1.95 bits per heavy atom. The Bertz CT molecular complexity index is 576. The Balaban J connectivity index is 0.00000441. The van der Waals surface area contributed by atoms with Gasteiger partial charge in [0.25, 0.3) is 0 Å². The molecular formula is C13H19ClN2O6. The number of phenols is 1. The van der Waals surface area contributed by atoms with Crippen molar-refractivity contribution in [3.05, 3.63) is 27.8 Å². The van der Waals surface area contributed by atoms with Crippen LogP contribution in [0, 0.1) is 15.5 Å². The number of nitrogens with zero attached hydrogens (tertiary/aromatic N) is 1. The van der Waals surface area contributed by atoms with Crippen LogP contribution in [0.3, 0.4) is 0 Å². The van der Waals surface area contributed by atoms with Gasteiger partial charge in [0.1, 0.15) is 0 Å². The Hall–Kier alpha value is -2.06.